The van der Waals surface area contributed by atoms with E-state index >= 15 is 0 Å². The molecule has 0 radical (unpaired) electrons. The highest BCUT2D eigenvalue weighted by molar-refractivity contribution is 14.1. The van der Waals surface area contributed by atoms with E-state index < -0.39 is 0 Å². The number of hydrogen-bond donors (Lipinski definition) is 2. The Morgan fingerprint density at radius 3 is 2.65 bits per heavy atom. The number of nitrogen functional groups attached to an aromatic ring is 1. The van der Waals surface area contributed by atoms with Crippen LogP contribution in [0, 0.1) is 9.39 Å². The molecule has 0 saturated heterocycles. The average molecular weight is 407 g/mol. The third-order valence-electron chi connectivity index (χ3n) is 2.24. The molecule has 0 aliphatic rings. The van der Waals surface area contributed by atoms with Gasteiger partial charge in [-0.2, -0.15) is 0 Å². The smallest absolute Gasteiger partial charge is 0.147 e. The minimum Gasteiger partial charge on any atom is -0.397 e. The maximum Gasteiger partial charge on any atom is 0.147 e. The first kappa shape index (κ1) is 12.6. The minimum absolute atomic E-state index is 0.322. The molecule has 0 aliphatic carbocycles. The molecule has 0 bridgehead atoms. The van der Waals surface area contributed by atoms with E-state index in [1.54, 1.807) is 12.1 Å². The average Bonchev–Trinajstić information content (AvgIpc) is 2.26. The summed E-state index contributed by atoms with van der Waals surface area (Å²) in [6.07, 6.45) is 0. The lowest BCUT2D eigenvalue weighted by molar-refractivity contribution is 0.631. The van der Waals surface area contributed by atoms with Crippen LogP contribution in [0.15, 0.2) is 40.9 Å². The second kappa shape index (κ2) is 5.22. The summed E-state index contributed by atoms with van der Waals surface area (Å²) < 4.78 is 15.3. The third kappa shape index (κ3) is 2.90. The van der Waals surface area contributed by atoms with Crippen molar-refractivity contribution in [1.29, 1.82) is 0 Å². The second-order valence-electron chi connectivity index (χ2n) is 3.45. The van der Waals surface area contributed by atoms with Crippen LogP contribution in [0.2, 0.25) is 0 Å². The number of hydrogen-bond acceptors (Lipinski definition) is 2. The fourth-order valence-electron chi connectivity index (χ4n) is 1.40. The molecular formula is C12H9BrFIN2. The van der Waals surface area contributed by atoms with E-state index in [-0.39, 0.29) is 5.82 Å². The molecule has 0 aliphatic heterocycles. The van der Waals surface area contributed by atoms with E-state index in [4.69, 9.17) is 5.73 Å². The topological polar surface area (TPSA) is 38.0 Å². The first-order valence-electron chi connectivity index (χ1n) is 4.84. The van der Waals surface area contributed by atoms with Gasteiger partial charge in [-0.3, -0.25) is 0 Å². The van der Waals surface area contributed by atoms with E-state index in [2.05, 4.69) is 43.8 Å². The molecule has 2 nitrogen and oxygen atoms in total. The van der Waals surface area contributed by atoms with Gasteiger partial charge in [-0.15, -0.1) is 0 Å². The van der Waals surface area contributed by atoms with Crippen LogP contribution >= 0.6 is 38.5 Å². The van der Waals surface area contributed by atoms with Crippen LogP contribution in [0.5, 0.6) is 0 Å². The lowest BCUT2D eigenvalue weighted by Gasteiger charge is -2.12. The third-order valence-corrected chi connectivity index (χ3v) is 3.57. The Labute approximate surface area is 121 Å². The van der Waals surface area contributed by atoms with Crippen LogP contribution in [-0.4, -0.2) is 0 Å². The van der Waals surface area contributed by atoms with Gasteiger partial charge in [0.25, 0.3) is 0 Å². The van der Waals surface area contributed by atoms with E-state index in [9.17, 15) is 4.39 Å². The number of nitrogens with two attached hydrogens (primary N) is 1. The van der Waals surface area contributed by atoms with E-state index in [0.717, 1.165) is 3.57 Å². The fraction of sp³-hybridized carbons (Fsp3) is 0. The van der Waals surface area contributed by atoms with Gasteiger partial charge >= 0.3 is 0 Å². The molecule has 2 rings (SSSR count). The van der Waals surface area contributed by atoms with Gasteiger partial charge in [0.05, 0.1) is 17.1 Å². The van der Waals surface area contributed by atoms with Gasteiger partial charge in [-0.05, 0) is 68.9 Å². The van der Waals surface area contributed by atoms with Crippen molar-refractivity contribution in [2.45, 2.75) is 0 Å². The summed E-state index contributed by atoms with van der Waals surface area (Å²) in [6.45, 7) is 0. The van der Waals surface area contributed by atoms with Crippen LogP contribution < -0.4 is 11.1 Å². The van der Waals surface area contributed by atoms with Crippen LogP contribution in [0.3, 0.4) is 0 Å². The summed E-state index contributed by atoms with van der Waals surface area (Å²) in [5.74, 6) is -0.322. The maximum atomic E-state index is 13.6. The zero-order valence-corrected chi connectivity index (χ0v) is 12.4. The number of halogens is 3. The summed E-state index contributed by atoms with van der Waals surface area (Å²) in [5.41, 5.74) is 7.53. The molecule has 0 heterocycles. The first-order chi connectivity index (χ1) is 8.08. The normalized spacial score (nSPS) is 10.3. The fourth-order valence-corrected chi connectivity index (χ4v) is 2.36. The Morgan fingerprint density at radius 1 is 1.24 bits per heavy atom. The standard InChI is InChI=1S/C12H9BrFIN2/c13-8-2-1-3-9(14)12(8)17-11-5-4-7(15)6-10(11)16/h1-6,17H,16H2. The molecule has 5 heteroatoms. The van der Waals surface area contributed by atoms with Gasteiger partial charge in [-0.1, -0.05) is 6.07 Å². The molecule has 3 N–H and O–H groups in total. The van der Waals surface area contributed by atoms with Gasteiger partial charge in [-0.25, -0.2) is 4.39 Å². The first-order valence-corrected chi connectivity index (χ1v) is 6.71. The lowest BCUT2D eigenvalue weighted by Crippen LogP contribution is -1.99. The number of nitrogens with one attached hydrogen (secondary N) is 1. The van der Waals surface area contributed by atoms with Crippen molar-refractivity contribution in [3.63, 3.8) is 0 Å². The lowest BCUT2D eigenvalue weighted by atomic mass is 10.2. The van der Waals surface area contributed by atoms with Gasteiger partial charge in [0.1, 0.15) is 5.82 Å². The summed E-state index contributed by atoms with van der Waals surface area (Å²) in [5, 5.41) is 2.99. The molecule has 0 aromatic heterocycles. The number of benzene rings is 2. The van der Waals surface area contributed by atoms with Crippen LogP contribution in [0.4, 0.5) is 21.5 Å². The monoisotopic (exact) mass is 406 g/mol. The SMILES string of the molecule is Nc1cc(I)ccc1Nc1c(F)cccc1Br. The van der Waals surface area contributed by atoms with E-state index in [1.807, 2.05) is 18.2 Å². The van der Waals surface area contributed by atoms with Crippen molar-refractivity contribution in [2.75, 3.05) is 11.1 Å². The number of rotatable bonds is 2. The van der Waals surface area contributed by atoms with Crippen molar-refractivity contribution in [3.05, 3.63) is 50.3 Å². The Balaban J connectivity index is 2.38. The van der Waals surface area contributed by atoms with Crippen LogP contribution in [0.1, 0.15) is 0 Å². The van der Waals surface area contributed by atoms with Crippen molar-refractivity contribution < 1.29 is 4.39 Å². The number of para-hydroxylation sites is 1. The van der Waals surface area contributed by atoms with E-state index in [0.29, 0.717) is 21.5 Å². The zero-order chi connectivity index (χ0) is 12.4. The molecule has 17 heavy (non-hydrogen) atoms. The summed E-state index contributed by atoms with van der Waals surface area (Å²) in [6, 6.07) is 10.4. The molecule has 0 spiro atoms. The second-order valence-corrected chi connectivity index (χ2v) is 5.55. The minimum atomic E-state index is -0.322. The summed E-state index contributed by atoms with van der Waals surface area (Å²) >= 11 is 5.47. The van der Waals surface area contributed by atoms with Gasteiger partial charge < -0.3 is 11.1 Å². The molecule has 0 amide bonds. The largest absolute Gasteiger partial charge is 0.397 e. The van der Waals surface area contributed by atoms with E-state index in [1.165, 1.54) is 6.07 Å². The van der Waals surface area contributed by atoms with Crippen LogP contribution in [-0.2, 0) is 0 Å². The number of anilines is 3. The molecule has 2 aromatic rings. The highest BCUT2D eigenvalue weighted by atomic mass is 127. The molecule has 0 unspecified atom stereocenters. The van der Waals surface area contributed by atoms with Gasteiger partial charge in [0, 0.05) is 8.04 Å². The highest BCUT2D eigenvalue weighted by Crippen LogP contribution is 2.31. The zero-order valence-electron chi connectivity index (χ0n) is 8.68. The summed E-state index contributed by atoms with van der Waals surface area (Å²) in [4.78, 5) is 0. The van der Waals surface area contributed by atoms with Crippen molar-refractivity contribution >= 4 is 55.6 Å². The molecular weight excluding hydrogens is 398 g/mol. The Bertz CT molecular complexity index is 540. The molecule has 88 valence electrons. The molecule has 0 atom stereocenters. The highest BCUT2D eigenvalue weighted by Gasteiger charge is 2.08. The Morgan fingerprint density at radius 2 is 2.00 bits per heavy atom. The van der Waals surface area contributed by atoms with Gasteiger partial charge in [0.2, 0.25) is 0 Å². The molecule has 2 aromatic carbocycles. The predicted octanol–water partition coefficient (Wildman–Crippen LogP) is 4.52. The molecule has 0 fully saturated rings. The van der Waals surface area contributed by atoms with Gasteiger partial charge in [0.15, 0.2) is 0 Å². The Kier molecular flexibility index (Phi) is 3.88. The predicted molar refractivity (Wildman–Crippen MR) is 81.0 cm³/mol. The van der Waals surface area contributed by atoms with Crippen molar-refractivity contribution in [1.82, 2.24) is 0 Å². The summed E-state index contributed by atoms with van der Waals surface area (Å²) in [7, 11) is 0. The van der Waals surface area contributed by atoms with Crippen molar-refractivity contribution in [2.24, 2.45) is 0 Å². The maximum absolute atomic E-state index is 13.6. The van der Waals surface area contributed by atoms with Crippen LogP contribution in [0.25, 0.3) is 0 Å². The van der Waals surface area contributed by atoms with Crippen molar-refractivity contribution in [3.8, 4) is 0 Å². The molecule has 0 saturated carbocycles. The Hall–Kier alpha value is -0.820. The quantitative estimate of drug-likeness (QED) is 0.568.